The number of carbonyl (C=O) groups excluding carboxylic acids is 2. The molecule has 0 aliphatic heterocycles. The quantitative estimate of drug-likeness (QED) is 0.668. The molecule has 0 radical (unpaired) electrons. The van der Waals surface area contributed by atoms with Gasteiger partial charge in [0.25, 0.3) is 5.91 Å². The number of alkyl halides is 3. The predicted molar refractivity (Wildman–Crippen MR) is 104 cm³/mol. The summed E-state index contributed by atoms with van der Waals surface area (Å²) in [5.41, 5.74) is -1.16. The van der Waals surface area contributed by atoms with E-state index < -0.39 is 35.7 Å². The molecule has 1 aromatic heterocycles. The Hall–Kier alpha value is -3.13. The summed E-state index contributed by atoms with van der Waals surface area (Å²) in [6.45, 7) is -0.449. The molecule has 29 heavy (non-hydrogen) atoms. The summed E-state index contributed by atoms with van der Waals surface area (Å²) in [5.74, 6) is -1.54. The Morgan fingerprint density at radius 2 is 1.86 bits per heavy atom. The number of hydrogen-bond donors (Lipinski definition) is 1. The minimum Gasteiger partial charge on any atom is -0.332 e. The van der Waals surface area contributed by atoms with Gasteiger partial charge in [0.1, 0.15) is 0 Å². The number of carbonyl (C=O) groups is 2. The highest BCUT2D eigenvalue weighted by molar-refractivity contribution is 6.30. The summed E-state index contributed by atoms with van der Waals surface area (Å²) in [6, 6.07) is 12.0. The van der Waals surface area contributed by atoms with E-state index in [1.54, 1.807) is 24.3 Å². The van der Waals surface area contributed by atoms with Crippen molar-refractivity contribution < 1.29 is 22.8 Å². The number of aromatic nitrogens is 1. The molecule has 1 N–H and O–H groups in total. The number of fused-ring (bicyclic) bond motifs is 1. The number of pyridine rings is 1. The van der Waals surface area contributed by atoms with Gasteiger partial charge in [-0.15, -0.1) is 0 Å². The lowest BCUT2D eigenvalue weighted by atomic mass is 10.0. The van der Waals surface area contributed by atoms with Crippen LogP contribution in [0.4, 0.5) is 18.9 Å². The Morgan fingerprint density at radius 1 is 1.14 bits per heavy atom. The second-order valence-corrected chi connectivity index (χ2v) is 6.72. The average molecular weight is 422 g/mol. The second kappa shape index (κ2) is 8.08. The molecule has 3 aromatic rings. The lowest BCUT2D eigenvalue weighted by Crippen LogP contribution is -2.36. The molecule has 0 atom stereocenters. The first-order valence-electron chi connectivity index (χ1n) is 8.42. The van der Waals surface area contributed by atoms with Crippen LogP contribution in [0, 0.1) is 0 Å². The van der Waals surface area contributed by atoms with Gasteiger partial charge in [0.15, 0.2) is 0 Å². The van der Waals surface area contributed by atoms with Crippen LogP contribution in [0.15, 0.2) is 54.7 Å². The lowest BCUT2D eigenvalue weighted by molar-refractivity contribution is -0.136. The molecule has 0 saturated heterocycles. The number of likely N-dealkylation sites (N-methyl/N-ethyl adjacent to an activating group) is 1. The number of nitrogens with one attached hydrogen (secondary N) is 1. The summed E-state index contributed by atoms with van der Waals surface area (Å²) in [5, 5.41) is 2.77. The van der Waals surface area contributed by atoms with Crippen molar-refractivity contribution in [1.29, 1.82) is 0 Å². The Balaban J connectivity index is 1.86. The van der Waals surface area contributed by atoms with Crippen LogP contribution in [0.2, 0.25) is 5.02 Å². The second-order valence-electron chi connectivity index (χ2n) is 6.28. The largest absolute Gasteiger partial charge is 0.417 e. The van der Waals surface area contributed by atoms with Crippen molar-refractivity contribution in [2.45, 2.75) is 6.18 Å². The zero-order chi connectivity index (χ0) is 21.2. The van der Waals surface area contributed by atoms with Gasteiger partial charge in [-0.2, -0.15) is 13.2 Å². The molecule has 0 spiro atoms. The Kier molecular flexibility index (Phi) is 5.74. The summed E-state index contributed by atoms with van der Waals surface area (Å²) in [4.78, 5) is 29.7. The standard InChI is InChI=1S/C20H15ClF3N3O2/c1-27(11-17(28)26-13-6-4-5-12(21)9-13)19(29)15-10-25-16-8-3-2-7-14(16)18(15)20(22,23)24/h2-10H,11H2,1H3,(H,26,28). The molecule has 0 fully saturated rings. The monoisotopic (exact) mass is 421 g/mol. The average Bonchev–Trinajstić information content (AvgIpc) is 2.65. The molecular weight excluding hydrogens is 407 g/mol. The molecule has 3 rings (SSSR count). The molecule has 9 heteroatoms. The summed E-state index contributed by atoms with van der Waals surface area (Å²) < 4.78 is 41.1. The lowest BCUT2D eigenvalue weighted by Gasteiger charge is -2.20. The van der Waals surface area contributed by atoms with Crippen molar-refractivity contribution in [3.05, 3.63) is 70.9 Å². The van der Waals surface area contributed by atoms with Crippen LogP contribution in [0.25, 0.3) is 10.9 Å². The zero-order valence-electron chi connectivity index (χ0n) is 15.1. The first kappa shape index (κ1) is 20.6. The first-order valence-corrected chi connectivity index (χ1v) is 8.80. The molecular formula is C20H15ClF3N3O2. The summed E-state index contributed by atoms with van der Waals surface area (Å²) in [6.07, 6.45) is -3.88. The highest BCUT2D eigenvalue weighted by Gasteiger charge is 2.38. The number of nitrogens with zero attached hydrogens (tertiary/aromatic N) is 2. The number of benzene rings is 2. The van der Waals surface area contributed by atoms with Gasteiger partial charge in [0.2, 0.25) is 5.91 Å². The van der Waals surface area contributed by atoms with E-state index in [9.17, 15) is 22.8 Å². The summed E-state index contributed by atoms with van der Waals surface area (Å²) >= 11 is 5.84. The van der Waals surface area contributed by atoms with Crippen molar-refractivity contribution in [2.75, 3.05) is 18.9 Å². The van der Waals surface area contributed by atoms with Gasteiger partial charge in [0.05, 0.1) is 23.2 Å². The van der Waals surface area contributed by atoms with Crippen LogP contribution >= 0.6 is 11.6 Å². The molecule has 0 saturated carbocycles. The fourth-order valence-electron chi connectivity index (χ4n) is 2.87. The van der Waals surface area contributed by atoms with Crippen molar-refractivity contribution in [1.82, 2.24) is 9.88 Å². The van der Waals surface area contributed by atoms with Crippen molar-refractivity contribution in [3.8, 4) is 0 Å². The van der Waals surface area contributed by atoms with Crippen LogP contribution in [0.3, 0.4) is 0 Å². The topological polar surface area (TPSA) is 62.3 Å². The van der Waals surface area contributed by atoms with Crippen molar-refractivity contribution >= 4 is 40.0 Å². The van der Waals surface area contributed by atoms with Gasteiger partial charge in [-0.25, -0.2) is 0 Å². The molecule has 1 heterocycles. The molecule has 0 aliphatic carbocycles. The number of rotatable bonds is 4. The maximum atomic E-state index is 13.7. The molecule has 0 bridgehead atoms. The number of halogens is 4. The zero-order valence-corrected chi connectivity index (χ0v) is 15.9. The molecule has 0 unspecified atom stereocenters. The highest BCUT2D eigenvalue weighted by Crippen LogP contribution is 2.37. The van der Waals surface area contributed by atoms with Gasteiger partial charge >= 0.3 is 6.18 Å². The van der Waals surface area contributed by atoms with Crippen LogP contribution in [0.1, 0.15) is 15.9 Å². The van der Waals surface area contributed by atoms with Gasteiger partial charge in [-0.3, -0.25) is 14.6 Å². The molecule has 0 aliphatic rings. The van der Waals surface area contributed by atoms with E-state index in [2.05, 4.69) is 10.3 Å². The Bertz CT molecular complexity index is 1090. The molecule has 2 aromatic carbocycles. The maximum absolute atomic E-state index is 13.7. The number of para-hydroxylation sites is 1. The van der Waals surface area contributed by atoms with E-state index in [1.807, 2.05) is 0 Å². The number of hydrogen-bond acceptors (Lipinski definition) is 3. The maximum Gasteiger partial charge on any atom is 0.417 e. The molecule has 150 valence electrons. The Morgan fingerprint density at radius 3 is 2.55 bits per heavy atom. The smallest absolute Gasteiger partial charge is 0.332 e. The van der Waals surface area contributed by atoms with E-state index in [-0.39, 0.29) is 10.9 Å². The van der Waals surface area contributed by atoms with Crippen LogP contribution in [0.5, 0.6) is 0 Å². The minimum atomic E-state index is -4.77. The van der Waals surface area contributed by atoms with Crippen LogP contribution in [-0.4, -0.2) is 35.3 Å². The van der Waals surface area contributed by atoms with E-state index in [0.29, 0.717) is 10.7 Å². The van der Waals surface area contributed by atoms with Gasteiger partial charge in [0, 0.05) is 29.3 Å². The van der Waals surface area contributed by atoms with Gasteiger partial charge in [-0.1, -0.05) is 35.9 Å². The van der Waals surface area contributed by atoms with Gasteiger partial charge in [-0.05, 0) is 24.3 Å². The van der Waals surface area contributed by atoms with Crippen LogP contribution in [-0.2, 0) is 11.0 Å². The van der Waals surface area contributed by atoms with Gasteiger partial charge < -0.3 is 10.2 Å². The first-order chi connectivity index (χ1) is 13.7. The van der Waals surface area contributed by atoms with Crippen LogP contribution < -0.4 is 5.32 Å². The van der Waals surface area contributed by atoms with Crippen molar-refractivity contribution in [3.63, 3.8) is 0 Å². The minimum absolute atomic E-state index is 0.123. The van der Waals surface area contributed by atoms with E-state index in [0.717, 1.165) is 11.1 Å². The molecule has 5 nitrogen and oxygen atoms in total. The fourth-order valence-corrected chi connectivity index (χ4v) is 3.06. The van der Waals surface area contributed by atoms with E-state index in [1.165, 1.54) is 31.3 Å². The third kappa shape index (κ3) is 4.65. The number of anilines is 1. The predicted octanol–water partition coefficient (Wildman–Crippen LogP) is 4.62. The fraction of sp³-hybridized carbons (Fsp3) is 0.150. The third-order valence-corrected chi connectivity index (χ3v) is 4.36. The van der Waals surface area contributed by atoms with E-state index in [4.69, 9.17) is 11.6 Å². The summed E-state index contributed by atoms with van der Waals surface area (Å²) in [7, 11) is 1.25. The Labute approximate surface area is 169 Å². The van der Waals surface area contributed by atoms with E-state index >= 15 is 0 Å². The normalized spacial score (nSPS) is 11.3. The number of amides is 2. The highest BCUT2D eigenvalue weighted by atomic mass is 35.5. The third-order valence-electron chi connectivity index (χ3n) is 4.13. The molecule has 2 amide bonds. The SMILES string of the molecule is CN(CC(=O)Nc1cccc(Cl)c1)C(=O)c1cnc2ccccc2c1C(F)(F)F. The van der Waals surface area contributed by atoms with Crippen molar-refractivity contribution in [2.24, 2.45) is 0 Å².